The Morgan fingerprint density at radius 1 is 0.607 bits per heavy atom. The summed E-state index contributed by atoms with van der Waals surface area (Å²) >= 11 is 0. The maximum absolute atomic E-state index is 7.01. The Kier molecular flexibility index (Phi) is 7.98. The standard InChI is InChI=1S/C54H39N5O2/c1-2-37(48-43-19-12-21-45(50(43)61-51(48)55)59-44-20-10-8-17-39(44)42-30-27-34-15-6-7-16-38(34)49(42)59)54-57-52(35-25-23-33(24-26-35)32-13-4-3-5-14-32)56-53(58-54)36-28-29-41-40-18-9-11-22-46(40)60-47(41)31-36/h2-31,52-53,56H,55H2,1H3,(H,57,58)/b37-2+. The SMILES string of the molecule is C/C=C(/C1=NC(c2ccc(-c3ccccc3)cc2)NC(c2ccc3c(c2)oc2ccccc23)N1)c1c(N)oc2c(-n3c4ccccc4c4ccc5ccccc5c43)cccc12. The molecule has 3 aromatic heterocycles. The van der Waals surface area contributed by atoms with Crippen molar-refractivity contribution in [1.29, 1.82) is 0 Å². The van der Waals surface area contributed by atoms with Gasteiger partial charge >= 0.3 is 0 Å². The molecule has 0 bridgehead atoms. The monoisotopic (exact) mass is 789 g/mol. The van der Waals surface area contributed by atoms with Crippen LogP contribution in [0.2, 0.25) is 0 Å². The van der Waals surface area contributed by atoms with E-state index in [0.29, 0.717) is 17.3 Å². The van der Waals surface area contributed by atoms with Crippen molar-refractivity contribution in [1.82, 2.24) is 15.2 Å². The van der Waals surface area contributed by atoms with Crippen LogP contribution in [0.15, 0.2) is 196 Å². The summed E-state index contributed by atoms with van der Waals surface area (Å²) in [6, 6.07) is 61.5. The molecule has 0 saturated carbocycles. The Morgan fingerprint density at radius 3 is 2.15 bits per heavy atom. The average Bonchev–Trinajstić information content (AvgIpc) is 3.98. The largest absolute Gasteiger partial charge is 0.456 e. The average molecular weight is 790 g/mol. The molecule has 61 heavy (non-hydrogen) atoms. The quantitative estimate of drug-likeness (QED) is 0.156. The van der Waals surface area contributed by atoms with Crippen molar-refractivity contribution in [2.75, 3.05) is 5.73 Å². The molecule has 0 fully saturated rings. The number of furan rings is 2. The van der Waals surface area contributed by atoms with Gasteiger partial charge in [-0.3, -0.25) is 5.32 Å². The van der Waals surface area contributed by atoms with Gasteiger partial charge in [-0.1, -0.05) is 158 Å². The topological polar surface area (TPSA) is 93.7 Å². The molecule has 0 spiro atoms. The molecule has 0 aliphatic carbocycles. The Bertz CT molecular complexity index is 3570. The Morgan fingerprint density at radius 2 is 1.30 bits per heavy atom. The molecular weight excluding hydrogens is 751 g/mol. The van der Waals surface area contributed by atoms with Crippen LogP contribution in [0, 0.1) is 0 Å². The molecule has 292 valence electrons. The highest BCUT2D eigenvalue weighted by atomic mass is 16.3. The molecule has 4 heterocycles. The third-order valence-electron chi connectivity index (χ3n) is 12.3. The molecule has 8 aromatic carbocycles. The second-order valence-corrected chi connectivity index (χ2v) is 15.7. The predicted octanol–water partition coefficient (Wildman–Crippen LogP) is 13.2. The number of nitrogens with zero attached hydrogens (tertiary/aromatic N) is 2. The minimum Gasteiger partial charge on any atom is -0.456 e. The van der Waals surface area contributed by atoms with Crippen molar-refractivity contribution in [2.24, 2.45) is 4.99 Å². The molecule has 2 atom stereocenters. The van der Waals surface area contributed by atoms with E-state index >= 15 is 0 Å². The van der Waals surface area contributed by atoms with Crippen LogP contribution in [-0.2, 0) is 0 Å². The molecule has 1 aliphatic rings. The molecule has 7 nitrogen and oxygen atoms in total. The number of rotatable bonds is 6. The van der Waals surface area contributed by atoms with Crippen molar-refractivity contribution in [3.63, 3.8) is 0 Å². The number of hydrogen-bond donors (Lipinski definition) is 3. The van der Waals surface area contributed by atoms with E-state index in [0.717, 1.165) is 71.9 Å². The van der Waals surface area contributed by atoms with Gasteiger partial charge in [0.2, 0.25) is 0 Å². The van der Waals surface area contributed by atoms with Crippen LogP contribution in [0.1, 0.15) is 35.9 Å². The molecule has 0 radical (unpaired) electrons. The van der Waals surface area contributed by atoms with E-state index in [9.17, 15) is 0 Å². The number of nitrogen functional groups attached to an aromatic ring is 1. The highest BCUT2D eigenvalue weighted by Gasteiger charge is 2.30. The molecule has 7 heteroatoms. The first-order valence-corrected chi connectivity index (χ1v) is 20.7. The maximum Gasteiger partial charge on any atom is 0.199 e. The van der Waals surface area contributed by atoms with Crippen molar-refractivity contribution >= 4 is 82.8 Å². The van der Waals surface area contributed by atoms with Crippen LogP contribution < -0.4 is 16.4 Å². The van der Waals surface area contributed by atoms with Gasteiger partial charge in [0.05, 0.1) is 22.3 Å². The highest BCUT2D eigenvalue weighted by molar-refractivity contribution is 6.27. The normalized spacial score (nSPS) is 16.0. The van der Waals surface area contributed by atoms with E-state index < -0.39 is 0 Å². The lowest BCUT2D eigenvalue weighted by molar-refractivity contribution is 0.410. The third kappa shape index (κ3) is 5.59. The zero-order chi connectivity index (χ0) is 40.6. The zero-order valence-corrected chi connectivity index (χ0v) is 33.3. The molecular formula is C54H39N5O2. The first-order chi connectivity index (χ1) is 30.1. The van der Waals surface area contributed by atoms with Gasteiger partial charge in [-0.25, -0.2) is 4.99 Å². The number of allylic oxidation sites excluding steroid dienone is 1. The number of nitrogens with one attached hydrogen (secondary N) is 2. The fraction of sp³-hybridized carbons (Fsp3) is 0.0556. The zero-order valence-electron chi connectivity index (χ0n) is 33.3. The molecule has 12 rings (SSSR count). The molecule has 0 saturated heterocycles. The summed E-state index contributed by atoms with van der Waals surface area (Å²) in [4.78, 5) is 5.39. The predicted molar refractivity (Wildman–Crippen MR) is 251 cm³/mol. The summed E-state index contributed by atoms with van der Waals surface area (Å²) in [5, 5.41) is 15.4. The van der Waals surface area contributed by atoms with Gasteiger partial charge in [-0.2, -0.15) is 0 Å². The minimum absolute atomic E-state index is 0.320. The lowest BCUT2D eigenvalue weighted by Gasteiger charge is -2.33. The van der Waals surface area contributed by atoms with Crippen LogP contribution >= 0.6 is 0 Å². The van der Waals surface area contributed by atoms with Gasteiger partial charge in [0.15, 0.2) is 11.5 Å². The second-order valence-electron chi connectivity index (χ2n) is 15.7. The first kappa shape index (κ1) is 35.1. The molecule has 11 aromatic rings. The minimum atomic E-state index is -0.381. The van der Waals surface area contributed by atoms with E-state index in [2.05, 4.69) is 173 Å². The third-order valence-corrected chi connectivity index (χ3v) is 12.3. The van der Waals surface area contributed by atoms with E-state index in [1.807, 2.05) is 31.2 Å². The number of benzene rings is 8. The highest BCUT2D eigenvalue weighted by Crippen LogP contribution is 2.43. The van der Waals surface area contributed by atoms with Gasteiger partial charge in [0.25, 0.3) is 0 Å². The number of para-hydroxylation sites is 3. The smallest absolute Gasteiger partial charge is 0.199 e. The fourth-order valence-corrected chi connectivity index (χ4v) is 9.40. The number of hydrogen-bond acceptors (Lipinski definition) is 6. The Hall–Kier alpha value is -7.87. The number of fused-ring (bicyclic) bond motifs is 9. The Balaban J connectivity index is 1.01. The summed E-state index contributed by atoms with van der Waals surface area (Å²) in [5.74, 6) is 1.03. The first-order valence-electron chi connectivity index (χ1n) is 20.7. The number of aliphatic imine (C=N–C) groups is 1. The van der Waals surface area contributed by atoms with Gasteiger partial charge in [0, 0.05) is 37.9 Å². The maximum atomic E-state index is 7.01. The number of aromatic nitrogens is 1. The van der Waals surface area contributed by atoms with Gasteiger partial charge in [-0.15, -0.1) is 0 Å². The lowest BCUT2D eigenvalue weighted by Crippen LogP contribution is -2.45. The van der Waals surface area contributed by atoms with Crippen LogP contribution in [0.5, 0.6) is 0 Å². The number of amidine groups is 1. The van der Waals surface area contributed by atoms with E-state index in [1.165, 1.54) is 27.1 Å². The summed E-state index contributed by atoms with van der Waals surface area (Å²) in [6.45, 7) is 2.03. The van der Waals surface area contributed by atoms with Crippen LogP contribution in [0.25, 0.3) is 87.9 Å². The summed E-state index contributed by atoms with van der Waals surface area (Å²) in [7, 11) is 0. The lowest BCUT2D eigenvalue weighted by atomic mass is 9.99. The van der Waals surface area contributed by atoms with Crippen molar-refractivity contribution in [2.45, 2.75) is 19.3 Å². The van der Waals surface area contributed by atoms with E-state index in [1.54, 1.807) is 0 Å². The van der Waals surface area contributed by atoms with Crippen molar-refractivity contribution in [3.8, 4) is 16.8 Å². The van der Waals surface area contributed by atoms with Gasteiger partial charge in [0.1, 0.15) is 29.3 Å². The van der Waals surface area contributed by atoms with Crippen molar-refractivity contribution < 1.29 is 8.83 Å². The van der Waals surface area contributed by atoms with Crippen molar-refractivity contribution in [3.05, 3.63) is 199 Å². The fourth-order valence-electron chi connectivity index (χ4n) is 9.40. The summed E-state index contributed by atoms with van der Waals surface area (Å²) in [5.41, 5.74) is 18.6. The number of nitrogens with two attached hydrogens (primary N) is 1. The number of anilines is 1. The van der Waals surface area contributed by atoms with Crippen LogP contribution in [0.4, 0.5) is 5.88 Å². The van der Waals surface area contributed by atoms with E-state index in [-0.39, 0.29) is 12.3 Å². The molecule has 1 aliphatic heterocycles. The Labute approximate surface area is 351 Å². The molecule has 2 unspecified atom stereocenters. The van der Waals surface area contributed by atoms with Gasteiger partial charge < -0.3 is 24.5 Å². The van der Waals surface area contributed by atoms with Crippen LogP contribution in [-0.4, -0.2) is 10.4 Å². The van der Waals surface area contributed by atoms with Crippen LogP contribution in [0.3, 0.4) is 0 Å². The summed E-state index contributed by atoms with van der Waals surface area (Å²) < 4.78 is 15.4. The molecule has 0 amide bonds. The van der Waals surface area contributed by atoms with Gasteiger partial charge in [-0.05, 0) is 58.8 Å². The second kappa shape index (κ2) is 13.9. The summed E-state index contributed by atoms with van der Waals surface area (Å²) in [6.07, 6.45) is 1.38. The molecule has 4 N–H and O–H groups in total. The van der Waals surface area contributed by atoms with E-state index in [4.69, 9.17) is 19.6 Å².